The van der Waals surface area contributed by atoms with Gasteiger partial charge in [-0.05, 0) is 110 Å². The fourth-order valence-corrected chi connectivity index (χ4v) is 9.57. The SMILES string of the molecule is CC1(C)c2ccccc2-c2ccc(N(c3ccc(-c4ccc5c(c4)oc4c(-c6ccccc6)c6c(cc45)oc4ccccc46)cc3)c3ccc4ccccc4c3)cc21. The zero-order valence-electron chi connectivity index (χ0n) is 32.2. The van der Waals surface area contributed by atoms with Crippen LogP contribution in [0, 0.1) is 0 Å². The number of para-hydroxylation sites is 1. The predicted molar refractivity (Wildman–Crippen MR) is 242 cm³/mol. The molecule has 0 fully saturated rings. The number of benzene rings is 9. The molecule has 1 aliphatic rings. The van der Waals surface area contributed by atoms with Gasteiger partial charge in [-0.15, -0.1) is 0 Å². The fraction of sp³-hybridized carbons (Fsp3) is 0.0545. The van der Waals surface area contributed by atoms with Gasteiger partial charge in [-0.25, -0.2) is 0 Å². The summed E-state index contributed by atoms with van der Waals surface area (Å²) in [4.78, 5) is 2.39. The van der Waals surface area contributed by atoms with Crippen molar-refractivity contribution in [3.05, 3.63) is 199 Å². The molecular formula is C55H37NO2. The minimum absolute atomic E-state index is 0.102. The first-order chi connectivity index (χ1) is 28.5. The largest absolute Gasteiger partial charge is 0.456 e. The molecule has 0 saturated heterocycles. The predicted octanol–water partition coefficient (Wildman–Crippen LogP) is 15.7. The van der Waals surface area contributed by atoms with Crippen LogP contribution in [-0.4, -0.2) is 0 Å². The summed E-state index contributed by atoms with van der Waals surface area (Å²) in [5, 5.41) is 6.73. The van der Waals surface area contributed by atoms with Gasteiger partial charge in [-0.3, -0.25) is 0 Å². The molecule has 0 atom stereocenters. The van der Waals surface area contributed by atoms with E-state index < -0.39 is 0 Å². The Morgan fingerprint density at radius 2 is 1.09 bits per heavy atom. The van der Waals surface area contributed by atoms with Crippen molar-refractivity contribution in [2.75, 3.05) is 4.90 Å². The first-order valence-electron chi connectivity index (χ1n) is 20.0. The molecule has 0 spiro atoms. The third kappa shape index (κ3) is 4.86. The van der Waals surface area contributed by atoms with Gasteiger partial charge in [0.05, 0.1) is 0 Å². The third-order valence-corrected chi connectivity index (χ3v) is 12.4. The summed E-state index contributed by atoms with van der Waals surface area (Å²) in [6.07, 6.45) is 0. The molecule has 3 nitrogen and oxygen atoms in total. The molecule has 0 saturated carbocycles. The molecule has 12 rings (SSSR count). The van der Waals surface area contributed by atoms with Crippen molar-refractivity contribution in [3.63, 3.8) is 0 Å². The van der Waals surface area contributed by atoms with E-state index in [1.807, 2.05) is 12.1 Å². The molecule has 0 amide bonds. The van der Waals surface area contributed by atoms with E-state index in [2.05, 4.69) is 195 Å². The first-order valence-corrected chi connectivity index (χ1v) is 20.0. The maximum atomic E-state index is 6.87. The summed E-state index contributed by atoms with van der Waals surface area (Å²) in [7, 11) is 0. The van der Waals surface area contributed by atoms with Crippen molar-refractivity contribution in [3.8, 4) is 33.4 Å². The number of hydrogen-bond acceptors (Lipinski definition) is 3. The van der Waals surface area contributed by atoms with E-state index in [1.54, 1.807) is 0 Å². The number of rotatable bonds is 5. The fourth-order valence-electron chi connectivity index (χ4n) is 9.57. The zero-order chi connectivity index (χ0) is 38.5. The topological polar surface area (TPSA) is 29.5 Å². The van der Waals surface area contributed by atoms with E-state index in [9.17, 15) is 0 Å². The lowest BCUT2D eigenvalue weighted by Gasteiger charge is -2.28. The normalized spacial score (nSPS) is 13.1. The lowest BCUT2D eigenvalue weighted by atomic mass is 9.82. The number of furan rings is 2. The van der Waals surface area contributed by atoms with Crippen LogP contribution in [0.1, 0.15) is 25.0 Å². The van der Waals surface area contributed by atoms with Crippen molar-refractivity contribution < 1.29 is 8.83 Å². The minimum atomic E-state index is -0.102. The van der Waals surface area contributed by atoms with Crippen LogP contribution in [0.4, 0.5) is 17.1 Å². The van der Waals surface area contributed by atoms with Crippen molar-refractivity contribution in [1.29, 1.82) is 0 Å². The molecule has 1 aliphatic carbocycles. The molecule has 58 heavy (non-hydrogen) atoms. The van der Waals surface area contributed by atoms with E-state index in [0.717, 1.165) is 83.2 Å². The van der Waals surface area contributed by atoms with Gasteiger partial charge in [-0.1, -0.05) is 141 Å². The van der Waals surface area contributed by atoms with Gasteiger partial charge in [0.1, 0.15) is 22.3 Å². The summed E-state index contributed by atoms with van der Waals surface area (Å²) in [5.41, 5.74) is 16.5. The van der Waals surface area contributed by atoms with Crippen molar-refractivity contribution in [2.45, 2.75) is 19.3 Å². The van der Waals surface area contributed by atoms with E-state index in [0.29, 0.717) is 0 Å². The summed E-state index contributed by atoms with van der Waals surface area (Å²) in [6.45, 7) is 4.69. The summed E-state index contributed by atoms with van der Waals surface area (Å²) in [5.74, 6) is 0. The summed E-state index contributed by atoms with van der Waals surface area (Å²) in [6, 6.07) is 67.6. The highest BCUT2D eigenvalue weighted by atomic mass is 16.3. The second-order valence-corrected chi connectivity index (χ2v) is 16.1. The second kappa shape index (κ2) is 12.3. The van der Waals surface area contributed by atoms with Gasteiger partial charge >= 0.3 is 0 Å². The molecule has 11 aromatic rings. The highest BCUT2D eigenvalue weighted by Crippen LogP contribution is 2.51. The van der Waals surface area contributed by atoms with E-state index >= 15 is 0 Å². The molecule has 0 aliphatic heterocycles. The van der Waals surface area contributed by atoms with Crippen LogP contribution < -0.4 is 4.90 Å². The number of anilines is 3. The number of hydrogen-bond donors (Lipinski definition) is 0. The molecule has 0 radical (unpaired) electrons. The van der Waals surface area contributed by atoms with Gasteiger partial charge in [0.25, 0.3) is 0 Å². The summed E-state index contributed by atoms with van der Waals surface area (Å²) >= 11 is 0. The number of nitrogens with zero attached hydrogens (tertiary/aromatic N) is 1. The first kappa shape index (κ1) is 32.8. The van der Waals surface area contributed by atoms with Crippen LogP contribution >= 0.6 is 0 Å². The Morgan fingerprint density at radius 1 is 0.397 bits per heavy atom. The Kier molecular flexibility index (Phi) is 6.98. The number of fused-ring (bicyclic) bond motifs is 10. The van der Waals surface area contributed by atoms with Crippen LogP contribution in [0.3, 0.4) is 0 Å². The lowest BCUT2D eigenvalue weighted by Crippen LogP contribution is -2.16. The van der Waals surface area contributed by atoms with Crippen molar-refractivity contribution >= 4 is 71.7 Å². The smallest absolute Gasteiger partial charge is 0.144 e. The molecule has 2 heterocycles. The Bertz CT molecular complexity index is 3420. The quantitative estimate of drug-likeness (QED) is 0.176. The molecule has 2 aromatic heterocycles. The Labute approximate surface area is 336 Å². The van der Waals surface area contributed by atoms with Gasteiger partial charge < -0.3 is 13.7 Å². The van der Waals surface area contributed by atoms with E-state index in [-0.39, 0.29) is 5.41 Å². The maximum absolute atomic E-state index is 6.87. The van der Waals surface area contributed by atoms with Gasteiger partial charge in [0, 0.05) is 49.6 Å². The molecule has 0 bridgehead atoms. The Morgan fingerprint density at radius 3 is 1.97 bits per heavy atom. The summed E-state index contributed by atoms with van der Waals surface area (Å²) < 4.78 is 13.3. The molecule has 0 N–H and O–H groups in total. The Balaban J connectivity index is 0.978. The second-order valence-electron chi connectivity index (χ2n) is 16.1. The van der Waals surface area contributed by atoms with Gasteiger partial charge in [-0.2, -0.15) is 0 Å². The lowest BCUT2D eigenvalue weighted by molar-refractivity contribution is 0.660. The van der Waals surface area contributed by atoms with Crippen LogP contribution in [0.15, 0.2) is 197 Å². The highest BCUT2D eigenvalue weighted by Gasteiger charge is 2.35. The average molecular weight is 744 g/mol. The molecule has 0 unspecified atom stereocenters. The average Bonchev–Trinajstić information content (AvgIpc) is 3.90. The van der Waals surface area contributed by atoms with E-state index in [1.165, 1.54) is 33.0 Å². The van der Waals surface area contributed by atoms with E-state index in [4.69, 9.17) is 8.83 Å². The van der Waals surface area contributed by atoms with Crippen LogP contribution in [0.2, 0.25) is 0 Å². The molecule has 3 heteroatoms. The molecule has 274 valence electrons. The van der Waals surface area contributed by atoms with Crippen molar-refractivity contribution in [2.24, 2.45) is 0 Å². The van der Waals surface area contributed by atoms with Crippen molar-refractivity contribution in [1.82, 2.24) is 0 Å². The Hall–Kier alpha value is -7.36. The monoisotopic (exact) mass is 743 g/mol. The standard InChI is InChI=1S/C55H37NO2/c1-55(2)47-18-10-8-16-42(47)43-29-27-41(32-48(43)55)56(40-26-22-34-12-6-7-15-37(34)30-40)39-24-20-35(21-25-39)38-23-28-44-46-33-51-53(45-17-9-11-19-49(45)57-51)52(36-13-4-3-5-14-36)54(46)58-50(44)31-38/h3-33H,1-2H3. The molecular weight excluding hydrogens is 707 g/mol. The van der Waals surface area contributed by atoms with Crippen LogP contribution in [0.25, 0.3) is 88.0 Å². The maximum Gasteiger partial charge on any atom is 0.144 e. The highest BCUT2D eigenvalue weighted by molar-refractivity contribution is 6.23. The van der Waals surface area contributed by atoms with Crippen LogP contribution in [0.5, 0.6) is 0 Å². The van der Waals surface area contributed by atoms with Gasteiger partial charge in [0.15, 0.2) is 0 Å². The third-order valence-electron chi connectivity index (χ3n) is 12.4. The van der Waals surface area contributed by atoms with Crippen LogP contribution in [-0.2, 0) is 5.41 Å². The zero-order valence-corrected chi connectivity index (χ0v) is 32.2. The molecule has 9 aromatic carbocycles. The van der Waals surface area contributed by atoms with Gasteiger partial charge in [0.2, 0.25) is 0 Å². The minimum Gasteiger partial charge on any atom is -0.456 e.